The van der Waals surface area contributed by atoms with Crippen molar-refractivity contribution < 1.29 is 0 Å². The summed E-state index contributed by atoms with van der Waals surface area (Å²) in [6.45, 7) is 7.16. The van der Waals surface area contributed by atoms with Crippen molar-refractivity contribution in [1.82, 2.24) is 29.8 Å². The lowest BCUT2D eigenvalue weighted by Gasteiger charge is -2.34. The third kappa shape index (κ3) is 2.94. The first-order valence-electron chi connectivity index (χ1n) is 9.41. The van der Waals surface area contributed by atoms with Gasteiger partial charge < -0.3 is 10.2 Å². The van der Waals surface area contributed by atoms with Crippen LogP contribution in [0.15, 0.2) is 42.9 Å². The maximum atomic E-state index is 5.03. The fraction of sp³-hybridized carbons (Fsp3) is 0.300. The van der Waals surface area contributed by atoms with Gasteiger partial charge >= 0.3 is 0 Å². The molecule has 0 amide bonds. The van der Waals surface area contributed by atoms with Gasteiger partial charge in [0.05, 0.1) is 5.69 Å². The number of thiazole rings is 1. The van der Waals surface area contributed by atoms with E-state index in [2.05, 4.69) is 50.7 Å². The molecule has 0 saturated carbocycles. The Labute approximate surface area is 167 Å². The van der Waals surface area contributed by atoms with Crippen molar-refractivity contribution in [2.75, 3.05) is 24.5 Å². The van der Waals surface area contributed by atoms with E-state index in [0.29, 0.717) is 6.04 Å². The van der Waals surface area contributed by atoms with E-state index in [-0.39, 0.29) is 0 Å². The first-order chi connectivity index (χ1) is 13.7. The minimum atomic E-state index is 0.400. The van der Waals surface area contributed by atoms with E-state index in [1.54, 1.807) is 23.7 Å². The molecule has 0 radical (unpaired) electrons. The van der Waals surface area contributed by atoms with Gasteiger partial charge in [-0.1, -0.05) is 0 Å². The highest BCUT2D eigenvalue weighted by Gasteiger charge is 2.22. The molecule has 1 atom stereocenters. The Bertz CT molecular complexity index is 1120. The van der Waals surface area contributed by atoms with Crippen LogP contribution < -0.4 is 10.2 Å². The summed E-state index contributed by atoms with van der Waals surface area (Å²) in [5.74, 6) is 1.80. The zero-order valence-electron chi connectivity index (χ0n) is 15.8. The van der Waals surface area contributed by atoms with Gasteiger partial charge in [-0.05, 0) is 38.1 Å². The number of fused-ring (bicyclic) bond motifs is 1. The van der Waals surface area contributed by atoms with Gasteiger partial charge in [-0.2, -0.15) is 0 Å². The molecule has 1 saturated heterocycles. The first-order valence-corrected chi connectivity index (χ1v) is 10.2. The summed E-state index contributed by atoms with van der Waals surface area (Å²) in [7, 11) is 0. The maximum absolute atomic E-state index is 5.03. The van der Waals surface area contributed by atoms with Crippen LogP contribution in [0.25, 0.3) is 27.7 Å². The minimum Gasteiger partial charge on any atom is -0.351 e. The van der Waals surface area contributed by atoms with Crippen LogP contribution in [0.5, 0.6) is 0 Å². The molecule has 142 valence electrons. The van der Waals surface area contributed by atoms with Gasteiger partial charge in [0, 0.05) is 49.1 Å². The van der Waals surface area contributed by atoms with Crippen molar-refractivity contribution in [1.29, 1.82) is 0 Å². The van der Waals surface area contributed by atoms with Crippen molar-refractivity contribution in [2.45, 2.75) is 19.9 Å². The number of rotatable bonds is 3. The Morgan fingerprint density at radius 1 is 1.14 bits per heavy atom. The second kappa shape index (κ2) is 6.96. The van der Waals surface area contributed by atoms with Gasteiger partial charge in [-0.25, -0.2) is 15.0 Å². The molecule has 1 aliphatic heterocycles. The number of pyridine rings is 2. The quantitative estimate of drug-likeness (QED) is 0.579. The van der Waals surface area contributed by atoms with Crippen LogP contribution in [-0.4, -0.2) is 50.2 Å². The van der Waals surface area contributed by atoms with E-state index >= 15 is 0 Å². The molecule has 5 heterocycles. The van der Waals surface area contributed by atoms with Crippen LogP contribution in [0.2, 0.25) is 0 Å². The van der Waals surface area contributed by atoms with E-state index in [1.807, 2.05) is 18.3 Å². The standard InChI is InChI=1S/C20H21N7S/c1-13-11-22-9-10-26(13)17-4-3-16-18(25-17)27(15-5-7-21-8-6-15)19(24-16)20-23-12-14(2)28-20/h3-8,12-13,22H,9-11H2,1-2H3/t13-/m1/s1. The lowest BCUT2D eigenvalue weighted by molar-refractivity contribution is 0.497. The molecule has 28 heavy (non-hydrogen) atoms. The van der Waals surface area contributed by atoms with Crippen molar-refractivity contribution in [3.8, 4) is 16.5 Å². The van der Waals surface area contributed by atoms with E-state index in [1.165, 1.54) is 0 Å². The van der Waals surface area contributed by atoms with Crippen molar-refractivity contribution in [2.24, 2.45) is 0 Å². The number of nitrogens with one attached hydrogen (secondary N) is 1. The highest BCUT2D eigenvalue weighted by atomic mass is 32.1. The number of hydrogen-bond acceptors (Lipinski definition) is 7. The van der Waals surface area contributed by atoms with Gasteiger partial charge in [-0.15, -0.1) is 11.3 Å². The third-order valence-corrected chi connectivity index (χ3v) is 5.93. The summed E-state index contributed by atoms with van der Waals surface area (Å²) in [5, 5.41) is 4.33. The van der Waals surface area contributed by atoms with Crippen molar-refractivity contribution in [3.63, 3.8) is 0 Å². The average Bonchev–Trinajstić information content (AvgIpc) is 3.32. The monoisotopic (exact) mass is 391 g/mol. The molecule has 0 bridgehead atoms. The maximum Gasteiger partial charge on any atom is 0.176 e. The van der Waals surface area contributed by atoms with Crippen LogP contribution in [0.1, 0.15) is 11.8 Å². The number of piperazine rings is 1. The summed E-state index contributed by atoms with van der Waals surface area (Å²) in [6, 6.07) is 8.50. The van der Waals surface area contributed by atoms with E-state index < -0.39 is 0 Å². The first kappa shape index (κ1) is 17.3. The zero-order chi connectivity index (χ0) is 19.1. The summed E-state index contributed by atoms with van der Waals surface area (Å²) in [6.07, 6.45) is 5.47. The Balaban J connectivity index is 1.72. The molecule has 4 aromatic heterocycles. The highest BCUT2D eigenvalue weighted by molar-refractivity contribution is 7.14. The SMILES string of the molecule is Cc1cnc(-c2nc3ccc(N4CCNC[C@H]4C)nc3n2-c2ccncc2)s1. The average molecular weight is 392 g/mol. The molecule has 8 heteroatoms. The second-order valence-corrected chi connectivity index (χ2v) is 8.25. The van der Waals surface area contributed by atoms with Gasteiger partial charge in [0.25, 0.3) is 0 Å². The van der Waals surface area contributed by atoms with Crippen LogP contribution in [-0.2, 0) is 0 Å². The van der Waals surface area contributed by atoms with Gasteiger partial charge in [0.15, 0.2) is 16.5 Å². The predicted molar refractivity (Wildman–Crippen MR) is 112 cm³/mol. The Morgan fingerprint density at radius 3 is 2.75 bits per heavy atom. The second-order valence-electron chi connectivity index (χ2n) is 7.01. The molecule has 1 aliphatic rings. The number of aryl methyl sites for hydroxylation is 1. The Kier molecular flexibility index (Phi) is 4.29. The van der Waals surface area contributed by atoms with Crippen LogP contribution in [0.4, 0.5) is 5.82 Å². The third-order valence-electron chi connectivity index (χ3n) is 5.02. The fourth-order valence-corrected chi connectivity index (χ4v) is 4.37. The topological polar surface area (TPSA) is 71.8 Å². The Hall–Kier alpha value is -2.84. The molecule has 0 unspecified atom stereocenters. The van der Waals surface area contributed by atoms with Crippen LogP contribution in [0.3, 0.4) is 0 Å². The molecule has 4 aromatic rings. The number of anilines is 1. The lowest BCUT2D eigenvalue weighted by atomic mass is 10.2. The van der Waals surface area contributed by atoms with Crippen LogP contribution >= 0.6 is 11.3 Å². The largest absolute Gasteiger partial charge is 0.351 e. The zero-order valence-corrected chi connectivity index (χ0v) is 16.6. The predicted octanol–water partition coefficient (Wildman–Crippen LogP) is 3.05. The molecule has 1 fully saturated rings. The molecule has 0 spiro atoms. The van der Waals surface area contributed by atoms with Crippen molar-refractivity contribution in [3.05, 3.63) is 47.7 Å². The summed E-state index contributed by atoms with van der Waals surface area (Å²) >= 11 is 1.64. The molecular formula is C20H21N7S. The summed E-state index contributed by atoms with van der Waals surface area (Å²) in [4.78, 5) is 22.1. The number of hydrogen-bond donors (Lipinski definition) is 1. The van der Waals surface area contributed by atoms with E-state index in [4.69, 9.17) is 9.97 Å². The van der Waals surface area contributed by atoms with Gasteiger partial charge in [-0.3, -0.25) is 9.55 Å². The van der Waals surface area contributed by atoms with Gasteiger partial charge in [0.2, 0.25) is 0 Å². The molecular weight excluding hydrogens is 370 g/mol. The van der Waals surface area contributed by atoms with E-state index in [9.17, 15) is 0 Å². The summed E-state index contributed by atoms with van der Waals surface area (Å²) in [5.41, 5.74) is 2.70. The normalized spacial score (nSPS) is 17.4. The number of imidazole rings is 1. The fourth-order valence-electron chi connectivity index (χ4n) is 3.63. The molecule has 5 rings (SSSR count). The van der Waals surface area contributed by atoms with E-state index in [0.717, 1.165) is 58.0 Å². The molecule has 0 aromatic carbocycles. The highest BCUT2D eigenvalue weighted by Crippen LogP contribution is 2.31. The van der Waals surface area contributed by atoms with Crippen LogP contribution in [0, 0.1) is 6.92 Å². The smallest absolute Gasteiger partial charge is 0.176 e. The summed E-state index contributed by atoms with van der Waals surface area (Å²) < 4.78 is 2.09. The Morgan fingerprint density at radius 2 is 2.00 bits per heavy atom. The minimum absolute atomic E-state index is 0.400. The number of aromatic nitrogens is 5. The molecule has 1 N–H and O–H groups in total. The molecule has 0 aliphatic carbocycles. The van der Waals surface area contributed by atoms with Crippen molar-refractivity contribution >= 4 is 28.3 Å². The lowest BCUT2D eigenvalue weighted by Crippen LogP contribution is -2.50. The van der Waals surface area contributed by atoms with Gasteiger partial charge in [0.1, 0.15) is 11.3 Å². The number of nitrogens with zero attached hydrogens (tertiary/aromatic N) is 6. The molecule has 7 nitrogen and oxygen atoms in total.